The SMILES string of the molecule is c1ccc2c(-c3ccc(-c4cn[nH]c4)cc3)ccnc2c1. The van der Waals surface area contributed by atoms with Gasteiger partial charge in [0.2, 0.25) is 0 Å². The Hall–Kier alpha value is -2.94. The van der Waals surface area contributed by atoms with Crippen LogP contribution in [0.25, 0.3) is 33.2 Å². The Morgan fingerprint density at radius 2 is 1.57 bits per heavy atom. The number of hydrogen-bond donors (Lipinski definition) is 1. The van der Waals surface area contributed by atoms with Crippen LogP contribution in [0.4, 0.5) is 0 Å². The predicted molar refractivity (Wildman–Crippen MR) is 84.8 cm³/mol. The lowest BCUT2D eigenvalue weighted by Gasteiger charge is -2.07. The maximum absolute atomic E-state index is 4.41. The monoisotopic (exact) mass is 271 g/mol. The zero-order valence-corrected chi connectivity index (χ0v) is 11.3. The largest absolute Gasteiger partial charge is 0.285 e. The molecule has 0 radical (unpaired) electrons. The molecule has 1 N–H and O–H groups in total. The molecule has 0 aliphatic rings. The van der Waals surface area contributed by atoms with Gasteiger partial charge in [0.15, 0.2) is 0 Å². The summed E-state index contributed by atoms with van der Waals surface area (Å²) in [5, 5.41) is 8.00. The van der Waals surface area contributed by atoms with E-state index in [1.165, 1.54) is 16.5 Å². The van der Waals surface area contributed by atoms with Crippen molar-refractivity contribution in [3.63, 3.8) is 0 Å². The topological polar surface area (TPSA) is 41.6 Å². The zero-order chi connectivity index (χ0) is 14.1. The highest BCUT2D eigenvalue weighted by Crippen LogP contribution is 2.29. The molecule has 3 heteroatoms. The van der Waals surface area contributed by atoms with Gasteiger partial charge >= 0.3 is 0 Å². The summed E-state index contributed by atoms with van der Waals surface area (Å²) in [6.45, 7) is 0. The fraction of sp³-hybridized carbons (Fsp3) is 0. The van der Waals surface area contributed by atoms with Crippen LogP contribution >= 0.6 is 0 Å². The first-order valence-corrected chi connectivity index (χ1v) is 6.85. The molecule has 2 heterocycles. The van der Waals surface area contributed by atoms with Gasteiger partial charge in [-0.05, 0) is 28.8 Å². The summed E-state index contributed by atoms with van der Waals surface area (Å²) >= 11 is 0. The number of benzene rings is 2. The van der Waals surface area contributed by atoms with Gasteiger partial charge in [-0.15, -0.1) is 0 Å². The number of para-hydroxylation sites is 1. The fourth-order valence-electron chi connectivity index (χ4n) is 2.60. The third-order valence-corrected chi connectivity index (χ3v) is 3.68. The van der Waals surface area contributed by atoms with E-state index in [2.05, 4.69) is 51.6 Å². The van der Waals surface area contributed by atoms with Gasteiger partial charge in [0, 0.05) is 23.3 Å². The standard InChI is InChI=1S/C18H13N3/c1-2-4-18-17(3-1)16(9-10-19-18)14-7-5-13(6-8-14)15-11-20-21-12-15/h1-12H,(H,20,21). The van der Waals surface area contributed by atoms with Gasteiger partial charge in [0.25, 0.3) is 0 Å². The Balaban J connectivity index is 1.82. The van der Waals surface area contributed by atoms with Crippen molar-refractivity contribution in [2.24, 2.45) is 0 Å². The second kappa shape index (κ2) is 4.87. The first kappa shape index (κ1) is 11.9. The molecular weight excluding hydrogens is 258 g/mol. The Morgan fingerprint density at radius 1 is 0.762 bits per heavy atom. The summed E-state index contributed by atoms with van der Waals surface area (Å²) in [4.78, 5) is 4.41. The highest BCUT2D eigenvalue weighted by atomic mass is 15.1. The van der Waals surface area contributed by atoms with E-state index >= 15 is 0 Å². The molecule has 0 unspecified atom stereocenters. The van der Waals surface area contributed by atoms with Gasteiger partial charge in [-0.3, -0.25) is 10.1 Å². The molecule has 21 heavy (non-hydrogen) atoms. The smallest absolute Gasteiger partial charge is 0.0708 e. The molecule has 0 saturated carbocycles. The predicted octanol–water partition coefficient (Wildman–Crippen LogP) is 4.29. The van der Waals surface area contributed by atoms with Crippen LogP contribution in [0.5, 0.6) is 0 Å². The van der Waals surface area contributed by atoms with Crippen LogP contribution in [-0.4, -0.2) is 15.2 Å². The van der Waals surface area contributed by atoms with Gasteiger partial charge in [0.05, 0.1) is 11.7 Å². The maximum Gasteiger partial charge on any atom is 0.0708 e. The number of nitrogens with zero attached hydrogens (tertiary/aromatic N) is 2. The average molecular weight is 271 g/mol. The summed E-state index contributed by atoms with van der Waals surface area (Å²) in [7, 11) is 0. The lowest BCUT2D eigenvalue weighted by Crippen LogP contribution is -1.84. The van der Waals surface area contributed by atoms with Crippen molar-refractivity contribution in [1.29, 1.82) is 0 Å². The number of H-pyrrole nitrogens is 1. The first-order chi connectivity index (χ1) is 10.4. The molecule has 0 fully saturated rings. The van der Waals surface area contributed by atoms with Crippen LogP contribution in [0.1, 0.15) is 0 Å². The third-order valence-electron chi connectivity index (χ3n) is 3.68. The Labute approximate surface area is 122 Å². The second-order valence-corrected chi connectivity index (χ2v) is 4.94. The Morgan fingerprint density at radius 3 is 2.38 bits per heavy atom. The van der Waals surface area contributed by atoms with Gasteiger partial charge in [-0.25, -0.2) is 0 Å². The fourth-order valence-corrected chi connectivity index (χ4v) is 2.60. The van der Waals surface area contributed by atoms with Crippen molar-refractivity contribution in [2.75, 3.05) is 0 Å². The average Bonchev–Trinajstić information content (AvgIpc) is 3.09. The van der Waals surface area contributed by atoms with E-state index in [1.807, 2.05) is 36.8 Å². The summed E-state index contributed by atoms with van der Waals surface area (Å²) in [5.41, 5.74) is 5.68. The molecule has 2 aromatic carbocycles. The van der Waals surface area contributed by atoms with Crippen molar-refractivity contribution in [3.8, 4) is 22.3 Å². The molecule has 0 aliphatic heterocycles. The lowest BCUT2D eigenvalue weighted by molar-refractivity contribution is 1.09. The van der Waals surface area contributed by atoms with Gasteiger partial charge in [0.1, 0.15) is 0 Å². The number of pyridine rings is 1. The molecule has 0 spiro atoms. The van der Waals surface area contributed by atoms with E-state index in [4.69, 9.17) is 0 Å². The summed E-state index contributed by atoms with van der Waals surface area (Å²) < 4.78 is 0. The van der Waals surface area contributed by atoms with E-state index in [0.29, 0.717) is 0 Å². The molecule has 2 aromatic heterocycles. The lowest BCUT2D eigenvalue weighted by atomic mass is 9.99. The highest BCUT2D eigenvalue weighted by molar-refractivity contribution is 5.94. The number of aromatic amines is 1. The molecule has 0 aliphatic carbocycles. The van der Waals surface area contributed by atoms with Crippen molar-refractivity contribution >= 4 is 10.9 Å². The Bertz CT molecular complexity index is 873. The molecule has 0 bridgehead atoms. The quantitative estimate of drug-likeness (QED) is 0.591. The van der Waals surface area contributed by atoms with Crippen molar-refractivity contribution in [3.05, 3.63) is 73.2 Å². The minimum Gasteiger partial charge on any atom is -0.285 e. The van der Waals surface area contributed by atoms with E-state index < -0.39 is 0 Å². The number of fused-ring (bicyclic) bond motifs is 1. The molecule has 0 saturated heterocycles. The molecule has 3 nitrogen and oxygen atoms in total. The summed E-state index contributed by atoms with van der Waals surface area (Å²) in [6, 6.07) is 18.8. The molecule has 0 amide bonds. The van der Waals surface area contributed by atoms with Crippen LogP contribution in [0.2, 0.25) is 0 Å². The van der Waals surface area contributed by atoms with E-state index in [1.54, 1.807) is 0 Å². The first-order valence-electron chi connectivity index (χ1n) is 6.85. The van der Waals surface area contributed by atoms with Crippen molar-refractivity contribution in [2.45, 2.75) is 0 Å². The third kappa shape index (κ3) is 2.09. The van der Waals surface area contributed by atoms with E-state index in [0.717, 1.165) is 16.6 Å². The van der Waals surface area contributed by atoms with Crippen LogP contribution in [0.15, 0.2) is 73.2 Å². The minimum atomic E-state index is 1.02. The Kier molecular flexibility index (Phi) is 2.75. The molecule has 100 valence electrons. The van der Waals surface area contributed by atoms with E-state index in [9.17, 15) is 0 Å². The summed E-state index contributed by atoms with van der Waals surface area (Å²) in [5.74, 6) is 0. The van der Waals surface area contributed by atoms with Crippen LogP contribution < -0.4 is 0 Å². The number of hydrogen-bond acceptors (Lipinski definition) is 2. The summed E-state index contributed by atoms with van der Waals surface area (Å²) in [6.07, 6.45) is 5.59. The van der Waals surface area contributed by atoms with Gasteiger partial charge in [-0.2, -0.15) is 5.10 Å². The minimum absolute atomic E-state index is 1.02. The number of aromatic nitrogens is 3. The zero-order valence-electron chi connectivity index (χ0n) is 11.3. The van der Waals surface area contributed by atoms with Crippen LogP contribution in [0, 0.1) is 0 Å². The molecule has 4 rings (SSSR count). The molecule has 0 atom stereocenters. The highest BCUT2D eigenvalue weighted by Gasteiger charge is 2.05. The van der Waals surface area contributed by atoms with Gasteiger partial charge in [-0.1, -0.05) is 42.5 Å². The van der Waals surface area contributed by atoms with Gasteiger partial charge < -0.3 is 0 Å². The number of rotatable bonds is 2. The number of nitrogens with one attached hydrogen (secondary N) is 1. The maximum atomic E-state index is 4.41. The molecule has 4 aromatic rings. The normalized spacial score (nSPS) is 10.9. The van der Waals surface area contributed by atoms with Crippen molar-refractivity contribution < 1.29 is 0 Å². The molecular formula is C18H13N3. The van der Waals surface area contributed by atoms with Crippen LogP contribution in [-0.2, 0) is 0 Å². The van der Waals surface area contributed by atoms with E-state index in [-0.39, 0.29) is 0 Å². The van der Waals surface area contributed by atoms with Crippen molar-refractivity contribution in [1.82, 2.24) is 15.2 Å². The second-order valence-electron chi connectivity index (χ2n) is 4.94. The van der Waals surface area contributed by atoms with Crippen LogP contribution in [0.3, 0.4) is 0 Å².